The van der Waals surface area contributed by atoms with Gasteiger partial charge in [-0.05, 0) is 49.6 Å². The average molecular weight is 525 g/mol. The van der Waals surface area contributed by atoms with Gasteiger partial charge in [0.15, 0.2) is 5.13 Å². The summed E-state index contributed by atoms with van der Waals surface area (Å²) >= 11 is 8.68. The van der Waals surface area contributed by atoms with Gasteiger partial charge in [0, 0.05) is 32.7 Å². The summed E-state index contributed by atoms with van der Waals surface area (Å²) in [4.78, 5) is 22.2. The highest BCUT2D eigenvalue weighted by molar-refractivity contribution is 7.91. The van der Waals surface area contributed by atoms with E-state index in [1.165, 1.54) is 20.6 Å². The van der Waals surface area contributed by atoms with Crippen molar-refractivity contribution in [1.82, 2.24) is 14.2 Å². The van der Waals surface area contributed by atoms with E-state index in [1.54, 1.807) is 17.4 Å². The summed E-state index contributed by atoms with van der Waals surface area (Å²) in [6, 6.07) is 8.72. The molecular formula is C22H25ClN4O3S3. The minimum absolute atomic E-state index is 0.0968. The zero-order chi connectivity index (χ0) is 23.2. The smallest absolute Gasteiger partial charge is 0.253 e. The van der Waals surface area contributed by atoms with Gasteiger partial charge in [-0.1, -0.05) is 35.4 Å². The Hall–Kier alpha value is -1.72. The van der Waals surface area contributed by atoms with Gasteiger partial charge in [0.25, 0.3) is 10.0 Å². The Morgan fingerprint density at radius 3 is 2.58 bits per heavy atom. The van der Waals surface area contributed by atoms with Crippen LogP contribution >= 0.6 is 34.3 Å². The van der Waals surface area contributed by atoms with Crippen LogP contribution in [0.3, 0.4) is 0 Å². The number of sulfonamides is 1. The molecule has 0 saturated carbocycles. The molecule has 33 heavy (non-hydrogen) atoms. The highest BCUT2D eigenvalue weighted by atomic mass is 35.5. The van der Waals surface area contributed by atoms with E-state index in [1.807, 2.05) is 11.0 Å². The number of fused-ring (bicyclic) bond motifs is 1. The first-order chi connectivity index (χ1) is 15.8. The van der Waals surface area contributed by atoms with Gasteiger partial charge in [-0.2, -0.15) is 4.31 Å². The van der Waals surface area contributed by atoms with Gasteiger partial charge in [-0.3, -0.25) is 4.79 Å². The molecule has 176 valence electrons. The van der Waals surface area contributed by atoms with Gasteiger partial charge in [0.05, 0.1) is 14.6 Å². The Morgan fingerprint density at radius 2 is 1.85 bits per heavy atom. The quantitative estimate of drug-likeness (QED) is 0.511. The fraction of sp³-hybridized carbons (Fsp3) is 0.455. The van der Waals surface area contributed by atoms with Crippen LogP contribution in [0.2, 0.25) is 4.34 Å². The maximum Gasteiger partial charge on any atom is 0.253 e. The van der Waals surface area contributed by atoms with Gasteiger partial charge in [0.1, 0.15) is 10.3 Å². The number of hydrogen-bond donors (Lipinski definition) is 0. The number of thiazole rings is 1. The number of carbonyl (C=O) groups excluding carboxylic acids is 1. The van der Waals surface area contributed by atoms with Crippen molar-refractivity contribution < 1.29 is 13.2 Å². The van der Waals surface area contributed by atoms with Gasteiger partial charge >= 0.3 is 0 Å². The lowest BCUT2D eigenvalue weighted by Gasteiger charge is -2.40. The van der Waals surface area contributed by atoms with E-state index in [4.69, 9.17) is 16.6 Å². The van der Waals surface area contributed by atoms with Gasteiger partial charge in [-0.25, -0.2) is 13.4 Å². The first-order valence-corrected chi connectivity index (χ1v) is 14.5. The molecule has 0 bridgehead atoms. The molecule has 0 radical (unpaired) electrons. The lowest BCUT2D eigenvalue weighted by molar-refractivity contribution is -0.136. The standard InChI is InChI=1S/C22H25ClN4O3S3/c1-15-5-6-16-18(14-15)31-22(24-16)26-12-10-25(11-13-26)21(28)17-4-2-3-9-27(17)33(29,30)20-8-7-19(23)32-20/h5-8,14,17H,2-4,9-13H2,1H3. The van der Waals surface area contributed by atoms with Crippen molar-refractivity contribution in [2.45, 2.75) is 36.4 Å². The number of nitrogens with zero attached hydrogens (tertiary/aromatic N) is 4. The highest BCUT2D eigenvalue weighted by Crippen LogP contribution is 2.33. The number of rotatable bonds is 4. The molecule has 3 aromatic rings. The number of halogens is 1. The first kappa shape index (κ1) is 23.0. The SMILES string of the molecule is Cc1ccc2nc(N3CCN(C(=O)C4CCCCN4S(=O)(=O)c4ccc(Cl)s4)CC3)sc2c1. The third kappa shape index (κ3) is 4.51. The number of anilines is 1. The van der Waals surface area contributed by atoms with Crippen LogP contribution < -0.4 is 4.90 Å². The number of amides is 1. The van der Waals surface area contributed by atoms with E-state index in [0.717, 1.165) is 34.8 Å². The predicted octanol–water partition coefficient (Wildman–Crippen LogP) is 4.21. The number of carbonyl (C=O) groups is 1. The van der Waals surface area contributed by atoms with Crippen molar-refractivity contribution in [3.63, 3.8) is 0 Å². The predicted molar refractivity (Wildman–Crippen MR) is 134 cm³/mol. The molecule has 1 unspecified atom stereocenters. The van der Waals surface area contributed by atoms with Crippen LogP contribution in [0.15, 0.2) is 34.5 Å². The Bertz CT molecular complexity index is 1280. The summed E-state index contributed by atoms with van der Waals surface area (Å²) < 4.78 is 29.7. The summed E-state index contributed by atoms with van der Waals surface area (Å²) in [5.41, 5.74) is 2.21. The van der Waals surface area contributed by atoms with Crippen LogP contribution in [-0.4, -0.2) is 67.3 Å². The Balaban J connectivity index is 1.29. The number of piperidine rings is 1. The van der Waals surface area contributed by atoms with Gasteiger partial charge in [0.2, 0.25) is 5.91 Å². The molecule has 1 atom stereocenters. The van der Waals surface area contributed by atoms with Crippen LogP contribution in [0.5, 0.6) is 0 Å². The number of benzene rings is 1. The summed E-state index contributed by atoms with van der Waals surface area (Å²) in [6.45, 7) is 4.92. The van der Waals surface area contributed by atoms with Crippen molar-refractivity contribution in [3.05, 3.63) is 40.2 Å². The normalized spacial score (nSPS) is 20.5. The van der Waals surface area contributed by atoms with Crippen LogP contribution in [0.25, 0.3) is 10.2 Å². The number of hydrogen-bond acceptors (Lipinski definition) is 7. The van der Waals surface area contributed by atoms with Gasteiger partial charge < -0.3 is 9.80 Å². The van der Waals surface area contributed by atoms with Crippen molar-refractivity contribution in [2.24, 2.45) is 0 Å². The molecule has 2 aliphatic rings. The van der Waals surface area contributed by atoms with E-state index < -0.39 is 16.1 Å². The molecule has 2 fully saturated rings. The topological polar surface area (TPSA) is 73.8 Å². The minimum atomic E-state index is -3.75. The largest absolute Gasteiger partial charge is 0.345 e. The second kappa shape index (κ2) is 9.14. The van der Waals surface area contributed by atoms with E-state index in [2.05, 4.69) is 24.0 Å². The summed E-state index contributed by atoms with van der Waals surface area (Å²) in [7, 11) is -3.75. The number of thiophene rings is 1. The number of aromatic nitrogens is 1. The zero-order valence-electron chi connectivity index (χ0n) is 18.2. The van der Waals surface area contributed by atoms with Crippen molar-refractivity contribution >= 4 is 65.6 Å². The molecule has 11 heteroatoms. The van der Waals surface area contributed by atoms with E-state index in [0.29, 0.717) is 43.5 Å². The third-order valence-corrected chi connectivity index (χ3v) is 10.9. The molecule has 2 aromatic heterocycles. The fourth-order valence-electron chi connectivity index (χ4n) is 4.48. The Kier molecular flexibility index (Phi) is 6.39. The third-order valence-electron chi connectivity index (χ3n) is 6.24. The molecule has 0 aliphatic carbocycles. The lowest BCUT2D eigenvalue weighted by atomic mass is 10.0. The van der Waals surface area contributed by atoms with Crippen molar-refractivity contribution in [2.75, 3.05) is 37.6 Å². The highest BCUT2D eigenvalue weighted by Gasteiger charge is 2.40. The average Bonchev–Trinajstić information content (AvgIpc) is 3.45. The molecule has 7 nitrogen and oxygen atoms in total. The molecule has 2 aliphatic heterocycles. The van der Waals surface area contributed by atoms with Crippen LogP contribution in [0.4, 0.5) is 5.13 Å². The van der Waals surface area contributed by atoms with Crippen molar-refractivity contribution in [1.29, 1.82) is 0 Å². The minimum Gasteiger partial charge on any atom is -0.345 e. The molecule has 0 spiro atoms. The van der Waals surface area contributed by atoms with E-state index in [-0.39, 0.29) is 10.1 Å². The maximum atomic E-state index is 13.4. The molecule has 5 rings (SSSR count). The molecule has 4 heterocycles. The summed E-state index contributed by atoms with van der Waals surface area (Å²) in [5.74, 6) is -0.0968. The van der Waals surface area contributed by atoms with Crippen LogP contribution in [0.1, 0.15) is 24.8 Å². The van der Waals surface area contributed by atoms with Crippen LogP contribution in [-0.2, 0) is 14.8 Å². The Morgan fingerprint density at radius 1 is 1.06 bits per heavy atom. The number of piperazine rings is 1. The molecule has 0 N–H and O–H groups in total. The molecule has 1 aromatic carbocycles. The second-order valence-corrected chi connectivity index (χ2v) is 13.3. The maximum absolute atomic E-state index is 13.4. The summed E-state index contributed by atoms with van der Waals surface area (Å²) in [6.07, 6.45) is 2.15. The lowest BCUT2D eigenvalue weighted by Crippen LogP contribution is -2.57. The molecule has 2 saturated heterocycles. The monoisotopic (exact) mass is 524 g/mol. The van der Waals surface area contributed by atoms with Gasteiger partial charge in [-0.15, -0.1) is 11.3 Å². The van der Waals surface area contributed by atoms with E-state index >= 15 is 0 Å². The molecular weight excluding hydrogens is 500 g/mol. The first-order valence-electron chi connectivity index (χ1n) is 11.0. The van der Waals surface area contributed by atoms with E-state index in [9.17, 15) is 13.2 Å². The summed E-state index contributed by atoms with van der Waals surface area (Å²) in [5, 5.41) is 0.971. The Labute approximate surface area is 206 Å². The second-order valence-electron chi connectivity index (χ2n) is 8.47. The van der Waals surface area contributed by atoms with Crippen LogP contribution in [0, 0.1) is 6.92 Å². The fourth-order valence-corrected chi connectivity index (χ4v) is 8.85. The zero-order valence-corrected chi connectivity index (χ0v) is 21.4. The number of aryl methyl sites for hydroxylation is 1. The van der Waals surface area contributed by atoms with Crippen molar-refractivity contribution in [3.8, 4) is 0 Å². The molecule has 1 amide bonds.